The molecule has 0 aliphatic carbocycles. The Balaban J connectivity index is 2.33. The number of nitrogens with one attached hydrogen (secondary N) is 2. The van der Waals surface area contributed by atoms with E-state index in [1.807, 2.05) is 0 Å². The van der Waals surface area contributed by atoms with Crippen LogP contribution in [0.15, 0.2) is 18.2 Å². The monoisotopic (exact) mass is 285 g/mol. The zero-order chi connectivity index (χ0) is 14.3. The van der Waals surface area contributed by atoms with E-state index >= 15 is 0 Å². The summed E-state index contributed by atoms with van der Waals surface area (Å²) in [6, 6.07) is 6.45. The van der Waals surface area contributed by atoms with Gasteiger partial charge in [-0.3, -0.25) is 0 Å². The molecule has 2 N–H and O–H groups in total. The number of nitrogens with zero attached hydrogens (tertiary/aromatic N) is 1. The Morgan fingerprint density at radius 1 is 1.37 bits per heavy atom. The molecule has 0 saturated heterocycles. The molecule has 0 spiro atoms. The summed E-state index contributed by atoms with van der Waals surface area (Å²) < 4.78 is 37.6. The number of nitriles is 1. The predicted molar refractivity (Wildman–Crippen MR) is 70.3 cm³/mol. The number of rotatable bonds is 7. The smallest absolute Gasteiger partial charge is 0.208 e. The lowest BCUT2D eigenvalue weighted by Gasteiger charge is -2.07. The average molecular weight is 285 g/mol. The van der Waals surface area contributed by atoms with Gasteiger partial charge in [0, 0.05) is 18.7 Å². The maximum absolute atomic E-state index is 13.7. The molecule has 0 radical (unpaired) electrons. The van der Waals surface area contributed by atoms with E-state index in [2.05, 4.69) is 10.0 Å². The molecule has 19 heavy (non-hydrogen) atoms. The molecule has 0 saturated carbocycles. The maximum atomic E-state index is 13.7. The van der Waals surface area contributed by atoms with Gasteiger partial charge in [-0.05, 0) is 19.0 Å². The van der Waals surface area contributed by atoms with Crippen LogP contribution in [0.4, 0.5) is 4.39 Å². The van der Waals surface area contributed by atoms with Gasteiger partial charge in [0.25, 0.3) is 0 Å². The number of benzene rings is 1. The highest BCUT2D eigenvalue weighted by Gasteiger charge is 2.06. The molecule has 0 unspecified atom stereocenters. The Morgan fingerprint density at radius 3 is 2.74 bits per heavy atom. The molecule has 1 aromatic carbocycles. The third-order valence-corrected chi connectivity index (χ3v) is 3.14. The van der Waals surface area contributed by atoms with Crippen LogP contribution in [-0.2, 0) is 16.6 Å². The summed E-state index contributed by atoms with van der Waals surface area (Å²) >= 11 is 0. The molecule has 0 fully saturated rings. The van der Waals surface area contributed by atoms with Crippen molar-refractivity contribution >= 4 is 10.0 Å². The minimum absolute atomic E-state index is 0.0260. The quantitative estimate of drug-likeness (QED) is 0.723. The second kappa shape index (κ2) is 7.19. The minimum Gasteiger partial charge on any atom is -0.313 e. The molecule has 5 nitrogen and oxygen atoms in total. The third kappa shape index (κ3) is 5.79. The fourth-order valence-electron chi connectivity index (χ4n) is 1.50. The van der Waals surface area contributed by atoms with Crippen LogP contribution in [0.3, 0.4) is 0 Å². The van der Waals surface area contributed by atoms with Crippen LogP contribution < -0.4 is 10.0 Å². The highest BCUT2D eigenvalue weighted by molar-refractivity contribution is 7.88. The molecular weight excluding hydrogens is 269 g/mol. The lowest BCUT2D eigenvalue weighted by atomic mass is 10.1. The summed E-state index contributed by atoms with van der Waals surface area (Å²) in [6.07, 6.45) is 1.70. The van der Waals surface area contributed by atoms with Crippen LogP contribution in [-0.4, -0.2) is 27.8 Å². The first-order valence-corrected chi connectivity index (χ1v) is 7.66. The lowest BCUT2D eigenvalue weighted by Crippen LogP contribution is -2.26. The first kappa shape index (κ1) is 15.6. The van der Waals surface area contributed by atoms with Gasteiger partial charge in [0.1, 0.15) is 11.9 Å². The van der Waals surface area contributed by atoms with Crippen molar-refractivity contribution < 1.29 is 12.8 Å². The molecule has 1 rings (SSSR count). The van der Waals surface area contributed by atoms with Crippen LogP contribution >= 0.6 is 0 Å². The minimum atomic E-state index is -3.15. The lowest BCUT2D eigenvalue weighted by molar-refractivity contribution is 0.569. The summed E-state index contributed by atoms with van der Waals surface area (Å²) in [6.45, 7) is 1.20. The normalized spacial score (nSPS) is 11.2. The van der Waals surface area contributed by atoms with Crippen molar-refractivity contribution in [2.45, 2.75) is 13.0 Å². The molecule has 7 heteroatoms. The van der Waals surface area contributed by atoms with Crippen molar-refractivity contribution in [3.8, 4) is 6.07 Å². The van der Waals surface area contributed by atoms with E-state index in [0.717, 1.165) is 6.26 Å². The Bertz CT molecular complexity index is 567. The number of hydrogen-bond acceptors (Lipinski definition) is 4. The van der Waals surface area contributed by atoms with E-state index in [0.29, 0.717) is 31.6 Å². The average Bonchev–Trinajstić information content (AvgIpc) is 2.34. The van der Waals surface area contributed by atoms with E-state index in [-0.39, 0.29) is 5.56 Å². The highest BCUT2D eigenvalue weighted by atomic mass is 32.2. The van der Waals surface area contributed by atoms with Crippen molar-refractivity contribution in [3.05, 3.63) is 35.1 Å². The van der Waals surface area contributed by atoms with Crippen LogP contribution in [0.1, 0.15) is 17.5 Å². The highest BCUT2D eigenvalue weighted by Crippen LogP contribution is 2.11. The van der Waals surface area contributed by atoms with Crippen molar-refractivity contribution in [2.24, 2.45) is 0 Å². The molecule has 0 aliphatic rings. The van der Waals surface area contributed by atoms with E-state index in [1.165, 1.54) is 6.07 Å². The molecule has 0 atom stereocenters. The Morgan fingerprint density at radius 2 is 2.11 bits per heavy atom. The van der Waals surface area contributed by atoms with Crippen molar-refractivity contribution in [1.82, 2.24) is 10.0 Å². The molecule has 0 aliphatic heterocycles. The standard InChI is InChI=1S/C12H16FN3O2S/c1-19(17,18)16-7-3-6-15-9-11-5-2-4-10(8-14)12(11)13/h2,4-5,15-16H,3,6-7,9H2,1H3. The second-order valence-electron chi connectivity index (χ2n) is 4.09. The van der Waals surface area contributed by atoms with Gasteiger partial charge in [-0.1, -0.05) is 12.1 Å². The van der Waals surface area contributed by atoms with E-state index < -0.39 is 15.8 Å². The summed E-state index contributed by atoms with van der Waals surface area (Å²) in [5.74, 6) is -0.508. The van der Waals surface area contributed by atoms with Crippen LogP contribution in [0.5, 0.6) is 0 Å². The molecule has 0 amide bonds. The van der Waals surface area contributed by atoms with E-state index in [9.17, 15) is 12.8 Å². The van der Waals surface area contributed by atoms with Gasteiger partial charge < -0.3 is 5.32 Å². The van der Waals surface area contributed by atoms with Crippen LogP contribution in [0, 0.1) is 17.1 Å². The first-order valence-electron chi connectivity index (χ1n) is 5.77. The van der Waals surface area contributed by atoms with Gasteiger partial charge in [-0.15, -0.1) is 0 Å². The molecule has 1 aromatic rings. The Labute approximate surface area is 112 Å². The van der Waals surface area contributed by atoms with Gasteiger partial charge in [0.05, 0.1) is 11.8 Å². The number of hydrogen-bond donors (Lipinski definition) is 2. The zero-order valence-corrected chi connectivity index (χ0v) is 11.4. The van der Waals surface area contributed by atoms with Crippen LogP contribution in [0.2, 0.25) is 0 Å². The topological polar surface area (TPSA) is 82.0 Å². The van der Waals surface area contributed by atoms with Gasteiger partial charge in [0.2, 0.25) is 10.0 Å². The number of halogens is 1. The fourth-order valence-corrected chi connectivity index (χ4v) is 2.01. The zero-order valence-electron chi connectivity index (χ0n) is 10.6. The molecule has 0 aromatic heterocycles. The van der Waals surface area contributed by atoms with Crippen molar-refractivity contribution in [2.75, 3.05) is 19.3 Å². The maximum Gasteiger partial charge on any atom is 0.208 e. The SMILES string of the molecule is CS(=O)(=O)NCCCNCc1cccc(C#N)c1F. The molecule has 104 valence electrons. The largest absolute Gasteiger partial charge is 0.313 e. The molecule has 0 bridgehead atoms. The summed E-state index contributed by atoms with van der Waals surface area (Å²) in [5.41, 5.74) is 0.452. The summed E-state index contributed by atoms with van der Waals surface area (Å²) in [4.78, 5) is 0. The predicted octanol–water partition coefficient (Wildman–Crippen LogP) is 0.726. The van der Waals surface area contributed by atoms with Gasteiger partial charge >= 0.3 is 0 Å². The summed E-state index contributed by atoms with van der Waals surface area (Å²) in [7, 11) is -3.15. The van der Waals surface area contributed by atoms with Gasteiger partial charge in [0.15, 0.2) is 0 Å². The Kier molecular flexibility index (Phi) is 5.89. The van der Waals surface area contributed by atoms with Gasteiger partial charge in [-0.25, -0.2) is 17.5 Å². The first-order chi connectivity index (χ1) is 8.94. The second-order valence-corrected chi connectivity index (χ2v) is 5.92. The fraction of sp³-hybridized carbons (Fsp3) is 0.417. The number of sulfonamides is 1. The van der Waals surface area contributed by atoms with E-state index in [4.69, 9.17) is 5.26 Å². The summed E-state index contributed by atoms with van der Waals surface area (Å²) in [5, 5.41) is 11.7. The third-order valence-electron chi connectivity index (χ3n) is 2.41. The molecule has 0 heterocycles. The Hall–Kier alpha value is -1.49. The van der Waals surface area contributed by atoms with E-state index in [1.54, 1.807) is 18.2 Å². The van der Waals surface area contributed by atoms with Crippen molar-refractivity contribution in [3.63, 3.8) is 0 Å². The van der Waals surface area contributed by atoms with Crippen molar-refractivity contribution in [1.29, 1.82) is 5.26 Å². The molecular formula is C12H16FN3O2S. The van der Waals surface area contributed by atoms with Gasteiger partial charge in [-0.2, -0.15) is 5.26 Å². The van der Waals surface area contributed by atoms with Crippen LogP contribution in [0.25, 0.3) is 0 Å².